The molecule has 0 aromatic heterocycles. The second-order valence-electron chi connectivity index (χ2n) is 4.56. The largest absolute Gasteiger partial charge is 0.480 e. The number of nitrogens with one attached hydrogen (secondary N) is 3. The van der Waals surface area contributed by atoms with Gasteiger partial charge in [-0.25, -0.2) is 13.2 Å². The molecule has 1 rings (SSSR count). The van der Waals surface area contributed by atoms with E-state index in [0.29, 0.717) is 0 Å². The zero-order valence-electron chi connectivity index (χ0n) is 10.9. The third kappa shape index (κ3) is 5.53. The van der Waals surface area contributed by atoms with Gasteiger partial charge in [0.15, 0.2) is 0 Å². The molecule has 1 aliphatic heterocycles. The number of carboxylic acid groups (broad SMARTS) is 1. The molecular weight excluding hydrogens is 290 g/mol. The molecule has 1 saturated heterocycles. The van der Waals surface area contributed by atoms with Gasteiger partial charge in [0.05, 0.1) is 12.3 Å². The van der Waals surface area contributed by atoms with E-state index in [9.17, 15) is 22.8 Å². The number of carbonyl (C=O) groups is 3. The Labute approximate surface area is 116 Å². The highest BCUT2D eigenvalue weighted by atomic mass is 32.2. The molecule has 2 unspecified atom stereocenters. The van der Waals surface area contributed by atoms with Gasteiger partial charge in [0.1, 0.15) is 21.9 Å². The Balaban J connectivity index is 2.54. The van der Waals surface area contributed by atoms with Gasteiger partial charge in [-0.15, -0.1) is 0 Å². The molecule has 0 aromatic rings. The van der Waals surface area contributed by atoms with E-state index in [1.807, 2.05) is 0 Å². The minimum atomic E-state index is -3.31. The monoisotopic (exact) mass is 307 g/mol. The Hall–Kier alpha value is -1.68. The lowest BCUT2D eigenvalue weighted by molar-refractivity contribution is -0.142. The van der Waals surface area contributed by atoms with E-state index in [4.69, 9.17) is 5.11 Å². The van der Waals surface area contributed by atoms with Crippen molar-refractivity contribution in [2.75, 3.05) is 25.1 Å². The molecule has 1 heterocycles. The number of carbonyl (C=O) groups excluding carboxylic acids is 2. The maximum atomic E-state index is 11.8. The summed E-state index contributed by atoms with van der Waals surface area (Å²) in [6.07, 6.45) is 0.783. The minimum absolute atomic E-state index is 0.0286. The first-order valence-electron chi connectivity index (χ1n) is 5.90. The molecule has 10 heteroatoms. The molecule has 9 nitrogen and oxygen atoms in total. The van der Waals surface area contributed by atoms with Crippen LogP contribution in [-0.4, -0.2) is 68.5 Å². The summed E-state index contributed by atoms with van der Waals surface area (Å²) in [7, 11) is -3.31. The Bertz CT molecular complexity index is 493. The first kappa shape index (κ1) is 16.4. The summed E-state index contributed by atoms with van der Waals surface area (Å²) in [5.74, 6) is -2.48. The molecule has 0 aliphatic carbocycles. The number of hydrogen-bond acceptors (Lipinski definition) is 6. The summed E-state index contributed by atoms with van der Waals surface area (Å²) in [6.45, 7) is 0.0300. The summed E-state index contributed by atoms with van der Waals surface area (Å²) in [5.41, 5.74) is 0. The predicted octanol–water partition coefficient (Wildman–Crippen LogP) is -2.92. The SMILES string of the molecule is CS(=O)(=O)CCC(NC(=O)C1CNC(=O)CN1)C(=O)O. The summed E-state index contributed by atoms with van der Waals surface area (Å²) < 4.78 is 22.0. The minimum Gasteiger partial charge on any atom is -0.480 e. The maximum absolute atomic E-state index is 11.8. The second kappa shape index (κ2) is 6.66. The van der Waals surface area contributed by atoms with Crippen molar-refractivity contribution < 1.29 is 27.9 Å². The fraction of sp³-hybridized carbons (Fsp3) is 0.700. The lowest BCUT2D eigenvalue weighted by Gasteiger charge is -2.24. The van der Waals surface area contributed by atoms with Gasteiger partial charge in [-0.3, -0.25) is 14.9 Å². The van der Waals surface area contributed by atoms with Gasteiger partial charge in [-0.05, 0) is 6.42 Å². The molecule has 0 bridgehead atoms. The van der Waals surface area contributed by atoms with Gasteiger partial charge >= 0.3 is 5.97 Å². The average Bonchev–Trinajstić information content (AvgIpc) is 2.33. The van der Waals surface area contributed by atoms with Crippen molar-refractivity contribution >= 4 is 27.6 Å². The smallest absolute Gasteiger partial charge is 0.326 e. The highest BCUT2D eigenvalue weighted by Crippen LogP contribution is 1.99. The third-order valence-corrected chi connectivity index (χ3v) is 3.70. The molecule has 114 valence electrons. The third-order valence-electron chi connectivity index (χ3n) is 2.72. The van der Waals surface area contributed by atoms with E-state index in [1.54, 1.807) is 0 Å². The quantitative estimate of drug-likeness (QED) is 0.412. The van der Waals surface area contributed by atoms with Gasteiger partial charge in [-0.1, -0.05) is 0 Å². The van der Waals surface area contributed by atoms with E-state index < -0.39 is 33.8 Å². The molecule has 0 aromatic carbocycles. The van der Waals surface area contributed by atoms with Crippen LogP contribution < -0.4 is 16.0 Å². The van der Waals surface area contributed by atoms with Crippen molar-refractivity contribution in [1.82, 2.24) is 16.0 Å². The average molecular weight is 307 g/mol. The number of piperazine rings is 1. The molecule has 2 amide bonds. The Morgan fingerprint density at radius 2 is 2.15 bits per heavy atom. The number of sulfone groups is 1. The molecule has 4 N–H and O–H groups in total. The molecule has 0 radical (unpaired) electrons. The fourth-order valence-corrected chi connectivity index (χ4v) is 2.28. The van der Waals surface area contributed by atoms with Gasteiger partial charge in [0, 0.05) is 12.8 Å². The molecule has 1 aliphatic rings. The van der Waals surface area contributed by atoms with Crippen molar-refractivity contribution in [3.8, 4) is 0 Å². The molecule has 0 saturated carbocycles. The van der Waals surface area contributed by atoms with E-state index in [0.717, 1.165) is 6.26 Å². The molecule has 2 atom stereocenters. The number of carboxylic acids is 1. The van der Waals surface area contributed by atoms with Crippen molar-refractivity contribution in [3.05, 3.63) is 0 Å². The molecular formula is C10H17N3O6S. The first-order valence-corrected chi connectivity index (χ1v) is 7.96. The normalized spacial score (nSPS) is 20.9. The summed E-state index contributed by atoms with van der Waals surface area (Å²) in [5, 5.41) is 16.3. The van der Waals surface area contributed by atoms with Gasteiger partial charge in [0.2, 0.25) is 11.8 Å². The van der Waals surface area contributed by atoms with Crippen LogP contribution in [0, 0.1) is 0 Å². The standard InChI is InChI=1S/C10H17N3O6S/c1-20(18,19)3-2-6(10(16)17)13-9(15)7-4-12-8(14)5-11-7/h6-7,11H,2-5H2,1H3,(H,12,14)(H,13,15)(H,16,17). The van der Waals surface area contributed by atoms with Crippen LogP contribution in [0.15, 0.2) is 0 Å². The first-order chi connectivity index (χ1) is 9.19. The van der Waals surface area contributed by atoms with Crippen LogP contribution in [0.5, 0.6) is 0 Å². The predicted molar refractivity (Wildman–Crippen MR) is 68.7 cm³/mol. The van der Waals surface area contributed by atoms with Crippen molar-refractivity contribution in [1.29, 1.82) is 0 Å². The Morgan fingerprint density at radius 1 is 1.50 bits per heavy atom. The lowest BCUT2D eigenvalue weighted by Crippen LogP contribution is -2.59. The van der Waals surface area contributed by atoms with E-state index >= 15 is 0 Å². The van der Waals surface area contributed by atoms with Crippen molar-refractivity contribution in [3.63, 3.8) is 0 Å². The summed E-state index contributed by atoms with van der Waals surface area (Å²) >= 11 is 0. The van der Waals surface area contributed by atoms with Crippen LogP contribution in [0.1, 0.15) is 6.42 Å². The van der Waals surface area contributed by atoms with E-state index in [1.165, 1.54) is 0 Å². The van der Waals surface area contributed by atoms with Crippen LogP contribution in [0.25, 0.3) is 0 Å². The van der Waals surface area contributed by atoms with E-state index in [2.05, 4.69) is 16.0 Å². The van der Waals surface area contributed by atoms with Crippen LogP contribution in [0.3, 0.4) is 0 Å². The summed E-state index contributed by atoms with van der Waals surface area (Å²) in [4.78, 5) is 33.7. The van der Waals surface area contributed by atoms with Crippen molar-refractivity contribution in [2.45, 2.75) is 18.5 Å². The van der Waals surface area contributed by atoms with Crippen LogP contribution in [0.2, 0.25) is 0 Å². The Morgan fingerprint density at radius 3 is 2.60 bits per heavy atom. The van der Waals surface area contributed by atoms with Gasteiger partial charge in [-0.2, -0.15) is 0 Å². The van der Waals surface area contributed by atoms with Gasteiger partial charge < -0.3 is 15.7 Å². The highest BCUT2D eigenvalue weighted by molar-refractivity contribution is 7.90. The highest BCUT2D eigenvalue weighted by Gasteiger charge is 2.28. The molecule has 1 fully saturated rings. The van der Waals surface area contributed by atoms with E-state index in [-0.39, 0.29) is 31.2 Å². The van der Waals surface area contributed by atoms with Crippen LogP contribution >= 0.6 is 0 Å². The number of amides is 2. The maximum Gasteiger partial charge on any atom is 0.326 e. The number of aliphatic carboxylic acids is 1. The number of hydrogen-bond donors (Lipinski definition) is 4. The molecule has 0 spiro atoms. The van der Waals surface area contributed by atoms with Crippen LogP contribution in [0.4, 0.5) is 0 Å². The zero-order valence-corrected chi connectivity index (χ0v) is 11.7. The zero-order chi connectivity index (χ0) is 15.3. The number of rotatable bonds is 6. The van der Waals surface area contributed by atoms with Crippen LogP contribution in [-0.2, 0) is 24.2 Å². The second-order valence-corrected chi connectivity index (χ2v) is 6.82. The van der Waals surface area contributed by atoms with Gasteiger partial charge in [0.25, 0.3) is 0 Å². The fourth-order valence-electron chi connectivity index (χ4n) is 1.61. The lowest BCUT2D eigenvalue weighted by atomic mass is 10.1. The molecule has 20 heavy (non-hydrogen) atoms. The Kier molecular flexibility index (Phi) is 5.45. The summed E-state index contributed by atoms with van der Waals surface area (Å²) in [6, 6.07) is -2.01. The topological polar surface area (TPSA) is 142 Å². The van der Waals surface area contributed by atoms with Crippen molar-refractivity contribution in [2.24, 2.45) is 0 Å².